The molecule has 4 rings (SSSR count). The molecule has 0 spiro atoms. The fourth-order valence-corrected chi connectivity index (χ4v) is 4.10. The Hall–Kier alpha value is -2.62. The zero-order valence-corrected chi connectivity index (χ0v) is 16.9. The zero-order valence-electron chi connectivity index (χ0n) is 16.9. The summed E-state index contributed by atoms with van der Waals surface area (Å²) < 4.78 is 7.06. The fraction of sp³-hybridized carbons (Fsp3) is 0.417. The van der Waals surface area contributed by atoms with E-state index >= 15 is 0 Å². The molecule has 0 radical (unpaired) electrons. The van der Waals surface area contributed by atoms with Crippen molar-refractivity contribution >= 4 is 28.4 Å². The Morgan fingerprint density at radius 3 is 2.54 bits per heavy atom. The van der Waals surface area contributed by atoms with E-state index in [2.05, 4.69) is 18.2 Å². The summed E-state index contributed by atoms with van der Waals surface area (Å²) in [4.78, 5) is 24.2. The average molecular weight is 377 g/mol. The van der Waals surface area contributed by atoms with E-state index in [4.69, 9.17) is 4.74 Å². The van der Waals surface area contributed by atoms with Gasteiger partial charge in [-0.2, -0.15) is 0 Å². The first-order valence-corrected chi connectivity index (χ1v) is 10.1. The third-order valence-electron chi connectivity index (χ3n) is 5.56. The lowest BCUT2D eigenvalue weighted by atomic mass is 9.86. The minimum Gasteiger partial charge on any atom is -0.443 e. The van der Waals surface area contributed by atoms with Crippen molar-refractivity contribution in [3.8, 4) is 0 Å². The molecule has 1 aromatic heterocycles. The Bertz CT molecular complexity index is 1010. The Morgan fingerprint density at radius 1 is 1.04 bits per heavy atom. The standard InChI is InChI=1S/C24H27NO3/c1-24(2,3)28-23(27)25-13-12-20-15-19(8-11-22(20)25)18-5-4-16-6-9-21(26)10-7-17(16)14-18/h5,8,11-13,15H,4,6-7,9-10,14H2,1-3H3. The maximum absolute atomic E-state index is 12.4. The number of rotatable bonds is 1. The highest BCUT2D eigenvalue weighted by Gasteiger charge is 2.21. The third-order valence-corrected chi connectivity index (χ3v) is 5.56. The predicted molar refractivity (Wildman–Crippen MR) is 111 cm³/mol. The molecule has 2 aromatic rings. The highest BCUT2D eigenvalue weighted by molar-refractivity contribution is 5.92. The van der Waals surface area contributed by atoms with Gasteiger partial charge in [-0.05, 0) is 75.8 Å². The Morgan fingerprint density at radius 2 is 1.79 bits per heavy atom. The molecule has 0 atom stereocenters. The van der Waals surface area contributed by atoms with Crippen molar-refractivity contribution in [1.82, 2.24) is 4.57 Å². The van der Waals surface area contributed by atoms with Gasteiger partial charge in [-0.15, -0.1) is 0 Å². The van der Waals surface area contributed by atoms with Crippen LogP contribution < -0.4 is 0 Å². The number of hydrogen-bond acceptors (Lipinski definition) is 3. The van der Waals surface area contributed by atoms with Crippen LogP contribution >= 0.6 is 0 Å². The van der Waals surface area contributed by atoms with Crippen LogP contribution in [0.5, 0.6) is 0 Å². The lowest BCUT2D eigenvalue weighted by Gasteiger charge is -2.20. The minimum absolute atomic E-state index is 0.356. The van der Waals surface area contributed by atoms with Gasteiger partial charge in [0.25, 0.3) is 0 Å². The Kier molecular flexibility index (Phi) is 4.74. The molecule has 0 unspecified atom stereocenters. The topological polar surface area (TPSA) is 48.3 Å². The van der Waals surface area contributed by atoms with Crippen molar-refractivity contribution in [3.05, 3.63) is 53.2 Å². The van der Waals surface area contributed by atoms with Gasteiger partial charge in [-0.1, -0.05) is 23.3 Å². The van der Waals surface area contributed by atoms with Crippen LogP contribution in [-0.4, -0.2) is 22.0 Å². The van der Waals surface area contributed by atoms with Gasteiger partial charge in [0, 0.05) is 24.4 Å². The van der Waals surface area contributed by atoms with Gasteiger partial charge in [0.1, 0.15) is 11.4 Å². The molecular formula is C24H27NO3. The van der Waals surface area contributed by atoms with Crippen molar-refractivity contribution in [2.45, 2.75) is 64.9 Å². The molecular weight excluding hydrogens is 350 g/mol. The highest BCUT2D eigenvalue weighted by atomic mass is 16.6. The van der Waals surface area contributed by atoms with E-state index < -0.39 is 5.60 Å². The molecule has 0 saturated heterocycles. The number of nitrogens with zero attached hydrogens (tertiary/aromatic N) is 1. The number of carbonyl (C=O) groups excluding carboxylic acids is 2. The molecule has 0 bridgehead atoms. The van der Waals surface area contributed by atoms with Crippen LogP contribution in [0, 0.1) is 0 Å². The Balaban J connectivity index is 1.57. The summed E-state index contributed by atoms with van der Waals surface area (Å²) in [6.07, 6.45) is 8.82. The second kappa shape index (κ2) is 7.08. The van der Waals surface area contributed by atoms with E-state index in [-0.39, 0.29) is 6.09 Å². The number of fused-ring (bicyclic) bond motifs is 1. The molecule has 0 saturated carbocycles. The summed E-state index contributed by atoms with van der Waals surface area (Å²) in [5, 5.41) is 1.03. The predicted octanol–water partition coefficient (Wildman–Crippen LogP) is 6.04. The first kappa shape index (κ1) is 18.7. The smallest absolute Gasteiger partial charge is 0.418 e. The SMILES string of the molecule is CC(C)(C)OC(=O)n1ccc2cc(C3=CCC4=C(CCC(=O)CC4)C3)ccc21. The van der Waals surface area contributed by atoms with Crippen LogP contribution in [0.2, 0.25) is 0 Å². The summed E-state index contributed by atoms with van der Waals surface area (Å²) in [6.45, 7) is 5.61. The average Bonchev–Trinajstić information content (AvgIpc) is 2.97. The number of aromatic nitrogens is 1. The van der Waals surface area contributed by atoms with Gasteiger partial charge in [0.15, 0.2) is 0 Å². The lowest BCUT2D eigenvalue weighted by Crippen LogP contribution is -2.26. The van der Waals surface area contributed by atoms with Crippen LogP contribution in [0.4, 0.5) is 4.79 Å². The van der Waals surface area contributed by atoms with E-state index in [9.17, 15) is 9.59 Å². The normalized spacial score (nSPS) is 18.0. The molecule has 4 nitrogen and oxygen atoms in total. The van der Waals surface area contributed by atoms with E-state index in [1.165, 1.54) is 22.3 Å². The number of ketones is 1. The van der Waals surface area contributed by atoms with E-state index in [0.29, 0.717) is 18.6 Å². The number of allylic oxidation sites excluding steroid dienone is 4. The van der Waals surface area contributed by atoms with E-state index in [1.807, 2.05) is 32.9 Å². The molecule has 0 N–H and O–H groups in total. The van der Waals surface area contributed by atoms with Crippen molar-refractivity contribution < 1.29 is 14.3 Å². The lowest BCUT2D eigenvalue weighted by molar-refractivity contribution is -0.118. The van der Waals surface area contributed by atoms with E-state index in [1.54, 1.807) is 10.8 Å². The summed E-state index contributed by atoms with van der Waals surface area (Å²) >= 11 is 0. The summed E-state index contributed by atoms with van der Waals surface area (Å²) in [7, 11) is 0. The highest BCUT2D eigenvalue weighted by Crippen LogP contribution is 2.37. The minimum atomic E-state index is -0.522. The molecule has 1 aromatic carbocycles. The third kappa shape index (κ3) is 3.82. The summed E-state index contributed by atoms with van der Waals surface area (Å²) in [5.41, 5.74) is 5.76. The number of benzene rings is 1. The quantitative estimate of drug-likeness (QED) is 0.569. The van der Waals surface area contributed by atoms with Crippen molar-refractivity contribution in [1.29, 1.82) is 0 Å². The zero-order chi connectivity index (χ0) is 19.9. The van der Waals surface area contributed by atoms with Gasteiger partial charge in [0.05, 0.1) is 5.52 Å². The number of ether oxygens (including phenoxy) is 1. The van der Waals surface area contributed by atoms with Crippen LogP contribution in [0.1, 0.15) is 64.9 Å². The number of Topliss-reactive ketones (excluding diaryl/α,β-unsaturated/α-hetero) is 1. The van der Waals surface area contributed by atoms with Crippen LogP contribution in [0.15, 0.2) is 47.7 Å². The van der Waals surface area contributed by atoms with Crippen molar-refractivity contribution in [2.75, 3.05) is 0 Å². The second-order valence-electron chi connectivity index (χ2n) is 8.80. The van der Waals surface area contributed by atoms with E-state index in [0.717, 1.165) is 36.6 Å². The summed E-state index contributed by atoms with van der Waals surface area (Å²) in [6, 6.07) is 8.19. The number of carbonyl (C=O) groups is 2. The molecule has 146 valence electrons. The molecule has 28 heavy (non-hydrogen) atoms. The molecule has 0 aliphatic heterocycles. The molecule has 4 heteroatoms. The van der Waals surface area contributed by atoms with Crippen LogP contribution in [0.3, 0.4) is 0 Å². The van der Waals surface area contributed by atoms with Crippen LogP contribution in [-0.2, 0) is 9.53 Å². The summed E-state index contributed by atoms with van der Waals surface area (Å²) in [5.74, 6) is 0.390. The Labute approximate surface area is 165 Å². The van der Waals surface area contributed by atoms with Gasteiger partial charge in [0.2, 0.25) is 0 Å². The van der Waals surface area contributed by atoms with Crippen molar-refractivity contribution in [2.24, 2.45) is 0 Å². The monoisotopic (exact) mass is 377 g/mol. The van der Waals surface area contributed by atoms with Gasteiger partial charge >= 0.3 is 6.09 Å². The van der Waals surface area contributed by atoms with Gasteiger partial charge in [-0.25, -0.2) is 4.79 Å². The first-order chi connectivity index (χ1) is 13.3. The molecule has 1 heterocycles. The van der Waals surface area contributed by atoms with Crippen LogP contribution in [0.25, 0.3) is 16.5 Å². The second-order valence-corrected chi connectivity index (χ2v) is 8.80. The largest absolute Gasteiger partial charge is 0.443 e. The molecule has 2 aliphatic carbocycles. The maximum Gasteiger partial charge on any atom is 0.418 e. The van der Waals surface area contributed by atoms with Gasteiger partial charge in [-0.3, -0.25) is 9.36 Å². The molecule has 0 fully saturated rings. The number of hydrogen-bond donors (Lipinski definition) is 0. The maximum atomic E-state index is 12.4. The van der Waals surface area contributed by atoms with Gasteiger partial charge < -0.3 is 4.74 Å². The molecule has 0 amide bonds. The van der Waals surface area contributed by atoms with Crippen molar-refractivity contribution in [3.63, 3.8) is 0 Å². The fourth-order valence-electron chi connectivity index (χ4n) is 4.10. The first-order valence-electron chi connectivity index (χ1n) is 10.1. The molecule has 2 aliphatic rings.